The molecule has 0 aromatic carbocycles. The smallest absolute Gasteiger partial charge is 0.331 e. The standard InChI is InChI=1S/C13H18N2O3S/c1-4-7-15(9(2)3)13(18)14-11(12(16)17)10-6-5-8-19-10/h4-6,8-9,11H,1,7H2,2-3H3,(H,14,18)(H,16,17). The molecular formula is C13H18N2O3S. The van der Waals surface area contributed by atoms with Crippen LogP contribution in [0.15, 0.2) is 30.2 Å². The van der Waals surface area contributed by atoms with Crippen LogP contribution in [0.1, 0.15) is 24.8 Å². The van der Waals surface area contributed by atoms with E-state index in [-0.39, 0.29) is 6.04 Å². The summed E-state index contributed by atoms with van der Waals surface area (Å²) in [5.74, 6) is -1.07. The van der Waals surface area contributed by atoms with Crippen molar-refractivity contribution in [3.8, 4) is 0 Å². The van der Waals surface area contributed by atoms with E-state index >= 15 is 0 Å². The van der Waals surface area contributed by atoms with Gasteiger partial charge in [-0.1, -0.05) is 12.1 Å². The topological polar surface area (TPSA) is 69.6 Å². The maximum absolute atomic E-state index is 12.1. The Labute approximate surface area is 116 Å². The van der Waals surface area contributed by atoms with E-state index < -0.39 is 18.0 Å². The number of hydrogen-bond acceptors (Lipinski definition) is 3. The van der Waals surface area contributed by atoms with Crippen LogP contribution in [-0.4, -0.2) is 34.6 Å². The number of carboxylic acids is 1. The summed E-state index contributed by atoms with van der Waals surface area (Å²) in [7, 11) is 0. The average molecular weight is 282 g/mol. The maximum Gasteiger partial charge on any atom is 0.331 e. The molecule has 0 fully saturated rings. The lowest BCUT2D eigenvalue weighted by Gasteiger charge is -2.27. The second kappa shape index (κ2) is 6.94. The summed E-state index contributed by atoms with van der Waals surface area (Å²) < 4.78 is 0. The number of nitrogens with one attached hydrogen (secondary N) is 1. The largest absolute Gasteiger partial charge is 0.479 e. The van der Waals surface area contributed by atoms with Gasteiger partial charge < -0.3 is 15.3 Å². The molecule has 0 aliphatic rings. The van der Waals surface area contributed by atoms with E-state index in [4.69, 9.17) is 0 Å². The minimum Gasteiger partial charge on any atom is -0.479 e. The van der Waals surface area contributed by atoms with E-state index in [1.165, 1.54) is 16.2 Å². The number of carboxylic acid groups (broad SMARTS) is 1. The fourth-order valence-corrected chi connectivity index (χ4v) is 2.35. The Morgan fingerprint density at radius 3 is 2.68 bits per heavy atom. The highest BCUT2D eigenvalue weighted by atomic mass is 32.1. The Morgan fingerprint density at radius 2 is 2.26 bits per heavy atom. The molecule has 0 aliphatic carbocycles. The van der Waals surface area contributed by atoms with Gasteiger partial charge in [0.05, 0.1) is 0 Å². The monoisotopic (exact) mass is 282 g/mol. The molecule has 104 valence electrons. The highest BCUT2D eigenvalue weighted by molar-refractivity contribution is 7.10. The molecule has 0 bridgehead atoms. The van der Waals surface area contributed by atoms with Crippen LogP contribution in [0.25, 0.3) is 0 Å². The number of thiophene rings is 1. The quantitative estimate of drug-likeness (QED) is 0.787. The second-order valence-corrected chi connectivity index (χ2v) is 5.25. The van der Waals surface area contributed by atoms with Crippen LogP contribution in [-0.2, 0) is 4.79 Å². The van der Waals surface area contributed by atoms with Crippen molar-refractivity contribution in [2.75, 3.05) is 6.54 Å². The molecule has 1 unspecified atom stereocenters. The highest BCUT2D eigenvalue weighted by Crippen LogP contribution is 2.19. The van der Waals surface area contributed by atoms with E-state index in [0.717, 1.165) is 0 Å². The summed E-state index contributed by atoms with van der Waals surface area (Å²) >= 11 is 1.30. The molecule has 1 rings (SSSR count). The minimum atomic E-state index is -1.07. The first-order valence-corrected chi connectivity index (χ1v) is 6.79. The van der Waals surface area contributed by atoms with Crippen molar-refractivity contribution >= 4 is 23.3 Å². The highest BCUT2D eigenvalue weighted by Gasteiger charge is 2.26. The van der Waals surface area contributed by atoms with Crippen LogP contribution in [0.5, 0.6) is 0 Å². The number of nitrogens with zero attached hydrogens (tertiary/aromatic N) is 1. The number of urea groups is 1. The zero-order valence-electron chi connectivity index (χ0n) is 11.0. The van der Waals surface area contributed by atoms with Crippen molar-refractivity contribution in [1.29, 1.82) is 0 Å². The number of aliphatic carboxylic acids is 1. The predicted octanol–water partition coefficient (Wildman–Crippen LogP) is 2.48. The van der Waals surface area contributed by atoms with Crippen molar-refractivity contribution in [3.05, 3.63) is 35.0 Å². The Morgan fingerprint density at radius 1 is 1.58 bits per heavy atom. The molecular weight excluding hydrogens is 264 g/mol. The Balaban J connectivity index is 2.82. The average Bonchev–Trinajstić information content (AvgIpc) is 2.85. The van der Waals surface area contributed by atoms with E-state index in [2.05, 4.69) is 11.9 Å². The fourth-order valence-electron chi connectivity index (χ4n) is 1.58. The van der Waals surface area contributed by atoms with E-state index in [9.17, 15) is 14.7 Å². The molecule has 19 heavy (non-hydrogen) atoms. The van der Waals surface area contributed by atoms with Gasteiger partial charge in [-0.2, -0.15) is 0 Å². The fraction of sp³-hybridized carbons (Fsp3) is 0.385. The third-order valence-electron chi connectivity index (χ3n) is 2.55. The Bertz CT molecular complexity index is 443. The van der Waals surface area contributed by atoms with Gasteiger partial charge in [-0.15, -0.1) is 17.9 Å². The first kappa shape index (κ1) is 15.2. The number of rotatable bonds is 6. The molecule has 0 spiro atoms. The number of carbonyl (C=O) groups is 2. The SMILES string of the molecule is C=CCN(C(=O)NC(C(=O)O)c1cccs1)C(C)C. The zero-order chi connectivity index (χ0) is 14.4. The summed E-state index contributed by atoms with van der Waals surface area (Å²) in [5.41, 5.74) is 0. The molecule has 0 saturated heterocycles. The molecule has 0 saturated carbocycles. The molecule has 1 heterocycles. The summed E-state index contributed by atoms with van der Waals surface area (Å²) in [4.78, 5) is 25.5. The van der Waals surface area contributed by atoms with Crippen LogP contribution < -0.4 is 5.32 Å². The van der Waals surface area contributed by atoms with Crippen molar-refractivity contribution in [1.82, 2.24) is 10.2 Å². The van der Waals surface area contributed by atoms with Gasteiger partial charge in [-0.05, 0) is 25.3 Å². The minimum absolute atomic E-state index is 0.0317. The van der Waals surface area contributed by atoms with Gasteiger partial charge in [0, 0.05) is 17.5 Å². The Kier molecular flexibility index (Phi) is 5.57. The van der Waals surface area contributed by atoms with Gasteiger partial charge in [0.25, 0.3) is 0 Å². The van der Waals surface area contributed by atoms with Gasteiger partial charge in [-0.3, -0.25) is 0 Å². The van der Waals surface area contributed by atoms with Crippen LogP contribution in [0, 0.1) is 0 Å². The summed E-state index contributed by atoms with van der Waals surface area (Å²) in [6, 6.07) is 1.99. The molecule has 1 atom stereocenters. The molecule has 0 aliphatic heterocycles. The Hall–Kier alpha value is -1.82. The number of amides is 2. The summed E-state index contributed by atoms with van der Waals surface area (Å²) in [5, 5.41) is 13.5. The lowest BCUT2D eigenvalue weighted by molar-refractivity contribution is -0.139. The molecule has 1 aromatic rings. The summed E-state index contributed by atoms with van der Waals surface area (Å²) in [6.07, 6.45) is 1.61. The van der Waals surface area contributed by atoms with Gasteiger partial charge in [0.1, 0.15) is 0 Å². The van der Waals surface area contributed by atoms with Crippen molar-refractivity contribution < 1.29 is 14.7 Å². The van der Waals surface area contributed by atoms with Crippen molar-refractivity contribution in [2.45, 2.75) is 25.9 Å². The first-order chi connectivity index (χ1) is 8.97. The third kappa shape index (κ3) is 4.10. The van der Waals surface area contributed by atoms with Crippen LogP contribution in [0.3, 0.4) is 0 Å². The third-order valence-corrected chi connectivity index (χ3v) is 3.49. The molecule has 6 heteroatoms. The lowest BCUT2D eigenvalue weighted by Crippen LogP contribution is -2.46. The molecule has 1 aromatic heterocycles. The van der Waals surface area contributed by atoms with Crippen molar-refractivity contribution in [3.63, 3.8) is 0 Å². The van der Waals surface area contributed by atoms with Gasteiger partial charge in [-0.25, -0.2) is 9.59 Å². The van der Waals surface area contributed by atoms with E-state index in [1.54, 1.807) is 23.6 Å². The molecule has 5 nitrogen and oxygen atoms in total. The van der Waals surface area contributed by atoms with Gasteiger partial charge in [0.2, 0.25) is 0 Å². The first-order valence-electron chi connectivity index (χ1n) is 5.91. The number of carbonyl (C=O) groups excluding carboxylic acids is 1. The molecule has 2 N–H and O–H groups in total. The molecule has 2 amide bonds. The van der Waals surface area contributed by atoms with Crippen LogP contribution in [0.4, 0.5) is 4.79 Å². The summed E-state index contributed by atoms with van der Waals surface area (Å²) in [6.45, 7) is 7.70. The van der Waals surface area contributed by atoms with Crippen LogP contribution in [0.2, 0.25) is 0 Å². The zero-order valence-corrected chi connectivity index (χ0v) is 11.8. The lowest BCUT2D eigenvalue weighted by atomic mass is 10.2. The maximum atomic E-state index is 12.1. The van der Waals surface area contributed by atoms with E-state index in [1.807, 2.05) is 13.8 Å². The number of hydrogen-bond donors (Lipinski definition) is 2. The normalized spacial score (nSPS) is 11.9. The predicted molar refractivity (Wildman–Crippen MR) is 75.3 cm³/mol. The van der Waals surface area contributed by atoms with Gasteiger partial charge >= 0.3 is 12.0 Å². The van der Waals surface area contributed by atoms with Crippen molar-refractivity contribution in [2.24, 2.45) is 0 Å². The van der Waals surface area contributed by atoms with E-state index in [0.29, 0.717) is 11.4 Å². The van der Waals surface area contributed by atoms with Gasteiger partial charge in [0.15, 0.2) is 6.04 Å². The second-order valence-electron chi connectivity index (χ2n) is 4.27. The van der Waals surface area contributed by atoms with Crippen LogP contribution >= 0.6 is 11.3 Å². The molecule has 0 radical (unpaired) electrons.